The standard InChI is InChI=1S/C28H30N2O7S/c1-5-12-36-20-9-7-19(8-10-20)25-24(27(33)37-14-13-34-3)17(2)29-28-30(25)26(32)23(38-28)16-18-6-11-21(31)22(15-18)35-4/h6-11,15-16,25,31H,5,12-14H2,1-4H3/b23-16-. The smallest absolute Gasteiger partial charge is 0.338 e. The van der Waals surface area contributed by atoms with E-state index in [9.17, 15) is 14.7 Å². The molecule has 0 bridgehead atoms. The van der Waals surface area contributed by atoms with E-state index in [0.29, 0.717) is 38.7 Å². The first-order chi connectivity index (χ1) is 18.4. The Kier molecular flexibility index (Phi) is 8.65. The van der Waals surface area contributed by atoms with E-state index in [-0.39, 0.29) is 30.1 Å². The lowest BCUT2D eigenvalue weighted by molar-refractivity contribution is -0.140. The molecule has 1 N–H and O–H groups in total. The van der Waals surface area contributed by atoms with E-state index in [2.05, 4.69) is 4.99 Å². The average Bonchev–Trinajstić information content (AvgIpc) is 3.22. The summed E-state index contributed by atoms with van der Waals surface area (Å²) in [5.41, 5.74) is 1.86. The number of esters is 1. The second-order valence-corrected chi connectivity index (χ2v) is 9.57. The van der Waals surface area contributed by atoms with Crippen molar-refractivity contribution in [2.75, 3.05) is 34.0 Å². The normalized spacial score (nSPS) is 15.2. The van der Waals surface area contributed by atoms with Crippen LogP contribution < -0.4 is 24.4 Å². The maximum absolute atomic E-state index is 13.7. The van der Waals surface area contributed by atoms with Gasteiger partial charge in [-0.15, -0.1) is 0 Å². The van der Waals surface area contributed by atoms with Gasteiger partial charge < -0.3 is 24.1 Å². The van der Waals surface area contributed by atoms with E-state index in [0.717, 1.165) is 12.0 Å². The molecule has 1 aromatic heterocycles. The molecule has 1 aliphatic heterocycles. The highest BCUT2D eigenvalue weighted by Gasteiger charge is 2.33. The summed E-state index contributed by atoms with van der Waals surface area (Å²) in [5, 5.41) is 9.92. The fourth-order valence-electron chi connectivity index (χ4n) is 4.10. The van der Waals surface area contributed by atoms with Crippen LogP contribution >= 0.6 is 11.3 Å². The Hall–Kier alpha value is -3.89. The number of aromatic hydroxyl groups is 1. The van der Waals surface area contributed by atoms with Crippen LogP contribution in [0.25, 0.3) is 6.08 Å². The van der Waals surface area contributed by atoms with Gasteiger partial charge in [-0.3, -0.25) is 9.36 Å². The summed E-state index contributed by atoms with van der Waals surface area (Å²) in [5.74, 6) is 0.447. The van der Waals surface area contributed by atoms with Crippen LogP contribution in [0.4, 0.5) is 0 Å². The van der Waals surface area contributed by atoms with Crippen molar-refractivity contribution in [3.8, 4) is 17.2 Å². The van der Waals surface area contributed by atoms with Crippen molar-refractivity contribution >= 4 is 23.4 Å². The lowest BCUT2D eigenvalue weighted by Gasteiger charge is -2.25. The monoisotopic (exact) mass is 538 g/mol. The van der Waals surface area contributed by atoms with Gasteiger partial charge in [0.15, 0.2) is 16.3 Å². The number of fused-ring (bicyclic) bond motifs is 1. The molecule has 0 radical (unpaired) electrons. The third-order valence-corrected chi connectivity index (χ3v) is 6.92. The first-order valence-corrected chi connectivity index (χ1v) is 13.0. The Labute approximate surface area is 223 Å². The van der Waals surface area contributed by atoms with Gasteiger partial charge in [-0.2, -0.15) is 0 Å². The molecule has 2 aromatic carbocycles. The highest BCUT2D eigenvalue weighted by Crippen LogP contribution is 2.32. The number of aromatic nitrogens is 1. The molecule has 0 saturated heterocycles. The van der Waals surface area contributed by atoms with Crippen molar-refractivity contribution in [2.45, 2.75) is 26.3 Å². The highest BCUT2D eigenvalue weighted by atomic mass is 32.1. The van der Waals surface area contributed by atoms with Crippen molar-refractivity contribution < 1.29 is 28.8 Å². The average molecular weight is 539 g/mol. The number of phenolic OH excluding ortho intramolecular Hbond substituents is 1. The van der Waals surface area contributed by atoms with Crippen LogP contribution in [-0.2, 0) is 14.3 Å². The number of rotatable bonds is 10. The van der Waals surface area contributed by atoms with Gasteiger partial charge in [0.2, 0.25) is 0 Å². The zero-order valence-electron chi connectivity index (χ0n) is 21.7. The van der Waals surface area contributed by atoms with Crippen LogP contribution in [0.2, 0.25) is 0 Å². The first kappa shape index (κ1) is 27.2. The maximum atomic E-state index is 13.7. The summed E-state index contributed by atoms with van der Waals surface area (Å²) in [6, 6.07) is 11.4. The fourth-order valence-corrected chi connectivity index (χ4v) is 5.14. The first-order valence-electron chi connectivity index (χ1n) is 12.2. The number of hydrogen-bond donors (Lipinski definition) is 1. The number of carbonyl (C=O) groups is 1. The minimum atomic E-state index is -0.738. The number of phenols is 1. The Morgan fingerprint density at radius 1 is 1.13 bits per heavy atom. The van der Waals surface area contributed by atoms with E-state index >= 15 is 0 Å². The predicted molar refractivity (Wildman–Crippen MR) is 143 cm³/mol. The summed E-state index contributed by atoms with van der Waals surface area (Å²) in [4.78, 5) is 32.0. The van der Waals surface area contributed by atoms with Crippen LogP contribution in [0.5, 0.6) is 17.2 Å². The summed E-state index contributed by atoms with van der Waals surface area (Å²) < 4.78 is 23.3. The quantitative estimate of drug-likeness (QED) is 0.312. The summed E-state index contributed by atoms with van der Waals surface area (Å²) >= 11 is 1.22. The number of hydrogen-bond acceptors (Lipinski definition) is 9. The van der Waals surface area contributed by atoms with Crippen molar-refractivity contribution in [2.24, 2.45) is 4.99 Å². The second-order valence-electron chi connectivity index (χ2n) is 8.56. The number of nitrogens with zero attached hydrogens (tertiary/aromatic N) is 2. The lowest BCUT2D eigenvalue weighted by atomic mass is 9.96. The number of thiazole rings is 1. The van der Waals surface area contributed by atoms with Gasteiger partial charge >= 0.3 is 5.97 Å². The van der Waals surface area contributed by atoms with Gasteiger partial charge in [0.1, 0.15) is 12.4 Å². The molecular weight excluding hydrogens is 508 g/mol. The molecule has 3 aromatic rings. The van der Waals surface area contributed by atoms with Crippen molar-refractivity contribution in [1.82, 2.24) is 4.57 Å². The second kappa shape index (κ2) is 12.1. The third kappa shape index (κ3) is 5.66. The number of carbonyl (C=O) groups excluding carboxylic acids is 1. The fraction of sp³-hybridized carbons (Fsp3) is 0.321. The molecular formula is C28H30N2O7S. The topological polar surface area (TPSA) is 109 Å². The van der Waals surface area contributed by atoms with Crippen LogP contribution in [0, 0.1) is 0 Å². The van der Waals surface area contributed by atoms with Crippen LogP contribution in [0.1, 0.15) is 37.4 Å². The van der Waals surface area contributed by atoms with Crippen molar-refractivity contribution in [3.05, 3.63) is 84.5 Å². The zero-order chi connectivity index (χ0) is 27.2. The molecule has 1 atom stereocenters. The SMILES string of the molecule is CCCOc1ccc(C2C(C(=O)OCCOC)=C(C)N=c3s/c(=C\c4ccc(O)c(OC)c4)c(=O)n32)cc1. The molecule has 0 aliphatic carbocycles. The molecule has 4 rings (SSSR count). The maximum Gasteiger partial charge on any atom is 0.338 e. The summed E-state index contributed by atoms with van der Waals surface area (Å²) in [6.45, 7) is 4.69. The minimum Gasteiger partial charge on any atom is -0.504 e. The van der Waals surface area contributed by atoms with Crippen LogP contribution in [0.15, 0.2) is 63.5 Å². The molecule has 1 aliphatic rings. The largest absolute Gasteiger partial charge is 0.504 e. The van der Waals surface area contributed by atoms with Gasteiger partial charge in [0.05, 0.1) is 42.2 Å². The molecule has 200 valence electrons. The highest BCUT2D eigenvalue weighted by molar-refractivity contribution is 7.07. The number of ether oxygens (including phenoxy) is 4. The molecule has 38 heavy (non-hydrogen) atoms. The van der Waals surface area contributed by atoms with Gasteiger partial charge in [0, 0.05) is 7.11 Å². The number of benzene rings is 2. The van der Waals surface area contributed by atoms with E-state index in [1.54, 1.807) is 25.1 Å². The molecule has 10 heteroatoms. The minimum absolute atomic E-state index is 0.00438. The van der Waals surface area contributed by atoms with Gasteiger partial charge in [-0.1, -0.05) is 36.5 Å². The molecule has 0 amide bonds. The Morgan fingerprint density at radius 3 is 2.58 bits per heavy atom. The Balaban J connectivity index is 1.84. The van der Waals surface area contributed by atoms with Crippen LogP contribution in [0.3, 0.4) is 0 Å². The number of methoxy groups -OCH3 is 2. The zero-order valence-corrected chi connectivity index (χ0v) is 22.5. The number of allylic oxidation sites excluding steroid dienone is 1. The van der Waals surface area contributed by atoms with Gasteiger partial charge in [-0.25, -0.2) is 9.79 Å². The van der Waals surface area contributed by atoms with Gasteiger partial charge in [0.25, 0.3) is 5.56 Å². The molecule has 2 heterocycles. The summed E-state index contributed by atoms with van der Waals surface area (Å²) in [7, 11) is 2.99. The molecule has 0 fully saturated rings. The van der Waals surface area contributed by atoms with Crippen LogP contribution in [-0.4, -0.2) is 49.7 Å². The molecule has 0 spiro atoms. The van der Waals surface area contributed by atoms with E-state index < -0.39 is 12.0 Å². The third-order valence-electron chi connectivity index (χ3n) is 5.93. The predicted octanol–water partition coefficient (Wildman–Crippen LogP) is 2.93. The molecule has 1 unspecified atom stereocenters. The molecule has 0 saturated carbocycles. The van der Waals surface area contributed by atoms with E-state index in [1.807, 2.05) is 31.2 Å². The molecule has 9 nitrogen and oxygen atoms in total. The lowest BCUT2D eigenvalue weighted by Crippen LogP contribution is -2.40. The van der Waals surface area contributed by atoms with E-state index in [1.165, 1.54) is 36.2 Å². The van der Waals surface area contributed by atoms with E-state index in [4.69, 9.17) is 18.9 Å². The van der Waals surface area contributed by atoms with Crippen molar-refractivity contribution in [3.63, 3.8) is 0 Å². The van der Waals surface area contributed by atoms with Crippen molar-refractivity contribution in [1.29, 1.82) is 0 Å². The summed E-state index contributed by atoms with van der Waals surface area (Å²) in [6.07, 6.45) is 2.59. The Morgan fingerprint density at radius 2 is 1.89 bits per heavy atom. The Bertz CT molecular complexity index is 1520. The van der Waals surface area contributed by atoms with Gasteiger partial charge in [-0.05, 0) is 54.8 Å².